The van der Waals surface area contributed by atoms with Crippen molar-refractivity contribution < 1.29 is 4.74 Å². The van der Waals surface area contributed by atoms with Crippen molar-refractivity contribution >= 4 is 24.0 Å². The molecule has 84 valence electrons. The Kier molecular flexibility index (Phi) is 5.15. The fourth-order valence-electron chi connectivity index (χ4n) is 1.54. The second-order valence-corrected chi connectivity index (χ2v) is 3.75. The van der Waals surface area contributed by atoms with Gasteiger partial charge in [-0.3, -0.25) is 0 Å². The van der Waals surface area contributed by atoms with Gasteiger partial charge in [-0.25, -0.2) is 4.98 Å². The summed E-state index contributed by atoms with van der Waals surface area (Å²) in [6.45, 7) is 2.04. The molecule has 1 fully saturated rings. The highest BCUT2D eigenvalue weighted by atomic mass is 35.5. The first-order chi connectivity index (χ1) is 6.84. The number of nitrogens with one attached hydrogen (secondary N) is 1. The van der Waals surface area contributed by atoms with Crippen molar-refractivity contribution in [2.24, 2.45) is 0 Å². The smallest absolute Gasteiger partial charge is 0.214 e. The molecule has 2 heterocycles. The van der Waals surface area contributed by atoms with Gasteiger partial charge in [0.2, 0.25) is 5.88 Å². The average Bonchev–Trinajstić information content (AvgIpc) is 2.19. The second-order valence-electron chi connectivity index (χ2n) is 3.37. The summed E-state index contributed by atoms with van der Waals surface area (Å²) in [5, 5.41) is 3.77. The monoisotopic (exact) mass is 248 g/mol. The Balaban J connectivity index is 0.00000112. The predicted octanol–water partition coefficient (Wildman–Crippen LogP) is 2.29. The molecule has 1 aliphatic rings. The normalized spacial score (nSPS) is 16.9. The molecule has 0 amide bonds. The van der Waals surface area contributed by atoms with Crippen LogP contribution in [0.25, 0.3) is 0 Å². The minimum absolute atomic E-state index is 0. The topological polar surface area (TPSA) is 34.1 Å². The van der Waals surface area contributed by atoms with Crippen LogP contribution < -0.4 is 10.1 Å². The molecule has 2 rings (SSSR count). The molecule has 0 spiro atoms. The first kappa shape index (κ1) is 12.6. The van der Waals surface area contributed by atoms with Crippen LogP contribution in [-0.2, 0) is 0 Å². The van der Waals surface area contributed by atoms with Crippen molar-refractivity contribution in [3.05, 3.63) is 23.4 Å². The molecule has 0 atom stereocenters. The molecule has 0 aromatic carbocycles. The summed E-state index contributed by atoms with van der Waals surface area (Å²) in [7, 11) is 0. The summed E-state index contributed by atoms with van der Waals surface area (Å²) < 4.78 is 5.70. The predicted molar refractivity (Wildman–Crippen MR) is 63.0 cm³/mol. The van der Waals surface area contributed by atoms with Crippen LogP contribution in [0.5, 0.6) is 5.88 Å². The SMILES string of the molecule is Cl.Clc1cccc(OC2CCNCC2)n1. The lowest BCUT2D eigenvalue weighted by Gasteiger charge is -2.23. The van der Waals surface area contributed by atoms with E-state index in [1.54, 1.807) is 6.07 Å². The Hall–Kier alpha value is -0.510. The second kappa shape index (κ2) is 6.16. The number of hydrogen-bond donors (Lipinski definition) is 1. The van der Waals surface area contributed by atoms with Gasteiger partial charge in [0.1, 0.15) is 11.3 Å². The van der Waals surface area contributed by atoms with Crippen molar-refractivity contribution in [1.82, 2.24) is 10.3 Å². The van der Waals surface area contributed by atoms with E-state index in [9.17, 15) is 0 Å². The highest BCUT2D eigenvalue weighted by molar-refractivity contribution is 6.29. The third-order valence-electron chi connectivity index (χ3n) is 2.26. The molecule has 0 unspecified atom stereocenters. The van der Waals surface area contributed by atoms with E-state index in [1.807, 2.05) is 12.1 Å². The Morgan fingerprint density at radius 2 is 2.07 bits per heavy atom. The maximum Gasteiger partial charge on any atom is 0.214 e. The maximum absolute atomic E-state index is 5.76. The summed E-state index contributed by atoms with van der Waals surface area (Å²) in [6, 6.07) is 5.44. The number of ether oxygens (including phenoxy) is 1. The molecule has 1 N–H and O–H groups in total. The van der Waals surface area contributed by atoms with Crippen molar-refractivity contribution in [2.75, 3.05) is 13.1 Å². The van der Waals surface area contributed by atoms with Crippen molar-refractivity contribution in [3.8, 4) is 5.88 Å². The number of rotatable bonds is 2. The summed E-state index contributed by atoms with van der Waals surface area (Å²) >= 11 is 5.76. The number of nitrogens with zero attached hydrogens (tertiary/aromatic N) is 1. The van der Waals surface area contributed by atoms with E-state index in [0.717, 1.165) is 25.9 Å². The van der Waals surface area contributed by atoms with Gasteiger partial charge in [-0.2, -0.15) is 0 Å². The lowest BCUT2D eigenvalue weighted by molar-refractivity contribution is 0.156. The van der Waals surface area contributed by atoms with Gasteiger partial charge in [0.15, 0.2) is 0 Å². The summed E-state index contributed by atoms with van der Waals surface area (Å²) in [5.74, 6) is 0.629. The van der Waals surface area contributed by atoms with Gasteiger partial charge < -0.3 is 10.1 Å². The average molecular weight is 249 g/mol. The van der Waals surface area contributed by atoms with E-state index in [0.29, 0.717) is 11.0 Å². The number of hydrogen-bond acceptors (Lipinski definition) is 3. The Morgan fingerprint density at radius 3 is 2.73 bits per heavy atom. The fourth-order valence-corrected chi connectivity index (χ4v) is 1.70. The molecule has 0 radical (unpaired) electrons. The quantitative estimate of drug-likeness (QED) is 0.816. The Labute approximate surface area is 101 Å². The van der Waals surface area contributed by atoms with Gasteiger partial charge in [-0.05, 0) is 32.0 Å². The van der Waals surface area contributed by atoms with E-state index in [-0.39, 0.29) is 18.5 Å². The largest absolute Gasteiger partial charge is 0.474 e. The molecule has 5 heteroatoms. The van der Waals surface area contributed by atoms with E-state index >= 15 is 0 Å². The fraction of sp³-hybridized carbons (Fsp3) is 0.500. The van der Waals surface area contributed by atoms with Crippen molar-refractivity contribution in [2.45, 2.75) is 18.9 Å². The van der Waals surface area contributed by atoms with Crippen LogP contribution in [0.3, 0.4) is 0 Å². The van der Waals surface area contributed by atoms with Gasteiger partial charge in [0.05, 0.1) is 0 Å². The first-order valence-corrected chi connectivity index (χ1v) is 5.22. The molecule has 3 nitrogen and oxygen atoms in total. The molecule has 1 saturated heterocycles. The first-order valence-electron chi connectivity index (χ1n) is 4.84. The van der Waals surface area contributed by atoms with Crippen LogP contribution in [-0.4, -0.2) is 24.2 Å². The highest BCUT2D eigenvalue weighted by Crippen LogP contribution is 2.16. The highest BCUT2D eigenvalue weighted by Gasteiger charge is 2.14. The van der Waals surface area contributed by atoms with Crippen LogP contribution in [0, 0.1) is 0 Å². The number of piperidine rings is 1. The Bertz CT molecular complexity index is 303. The van der Waals surface area contributed by atoms with Gasteiger partial charge >= 0.3 is 0 Å². The minimum atomic E-state index is 0. The standard InChI is InChI=1S/C10H13ClN2O.ClH/c11-9-2-1-3-10(13-9)14-8-4-6-12-7-5-8;/h1-3,8,12H,4-7H2;1H. The third kappa shape index (κ3) is 3.86. The summed E-state index contributed by atoms with van der Waals surface area (Å²) in [4.78, 5) is 4.09. The van der Waals surface area contributed by atoms with Crippen molar-refractivity contribution in [1.29, 1.82) is 0 Å². The lowest BCUT2D eigenvalue weighted by atomic mass is 10.1. The summed E-state index contributed by atoms with van der Waals surface area (Å²) in [5.41, 5.74) is 0. The zero-order valence-electron chi connectivity index (χ0n) is 8.28. The molecule has 1 aromatic heterocycles. The van der Waals surface area contributed by atoms with E-state index in [4.69, 9.17) is 16.3 Å². The molecular weight excluding hydrogens is 235 g/mol. The van der Waals surface area contributed by atoms with Gasteiger partial charge in [0.25, 0.3) is 0 Å². The Morgan fingerprint density at radius 1 is 1.33 bits per heavy atom. The maximum atomic E-state index is 5.76. The molecule has 1 aliphatic heterocycles. The minimum Gasteiger partial charge on any atom is -0.474 e. The van der Waals surface area contributed by atoms with Gasteiger partial charge in [0, 0.05) is 6.07 Å². The summed E-state index contributed by atoms with van der Waals surface area (Å²) in [6.07, 6.45) is 2.35. The van der Waals surface area contributed by atoms with Crippen LogP contribution in [0.4, 0.5) is 0 Å². The van der Waals surface area contributed by atoms with Crippen LogP contribution in [0.1, 0.15) is 12.8 Å². The number of aromatic nitrogens is 1. The zero-order chi connectivity index (χ0) is 9.80. The molecule has 0 bridgehead atoms. The van der Waals surface area contributed by atoms with Crippen LogP contribution >= 0.6 is 24.0 Å². The van der Waals surface area contributed by atoms with Crippen LogP contribution in [0.15, 0.2) is 18.2 Å². The lowest BCUT2D eigenvalue weighted by Crippen LogP contribution is -2.34. The van der Waals surface area contributed by atoms with E-state index in [2.05, 4.69) is 10.3 Å². The van der Waals surface area contributed by atoms with Crippen molar-refractivity contribution in [3.63, 3.8) is 0 Å². The molecule has 1 aromatic rings. The van der Waals surface area contributed by atoms with E-state index in [1.165, 1.54) is 0 Å². The number of pyridine rings is 1. The van der Waals surface area contributed by atoms with Gasteiger partial charge in [-0.15, -0.1) is 12.4 Å². The molecular formula is C10H14Cl2N2O. The number of halogens is 2. The third-order valence-corrected chi connectivity index (χ3v) is 2.47. The molecule has 0 aliphatic carbocycles. The van der Waals surface area contributed by atoms with Gasteiger partial charge in [-0.1, -0.05) is 17.7 Å². The molecule has 0 saturated carbocycles. The van der Waals surface area contributed by atoms with Crippen LogP contribution in [0.2, 0.25) is 5.15 Å². The molecule has 15 heavy (non-hydrogen) atoms. The van der Waals surface area contributed by atoms with E-state index < -0.39 is 0 Å². The zero-order valence-corrected chi connectivity index (χ0v) is 9.85.